The molecular formula is C22H13ClN4O5S. The number of thiocarbonyl (C=S) groups is 1. The van der Waals surface area contributed by atoms with Crippen molar-refractivity contribution in [3.63, 3.8) is 0 Å². The number of fused-ring (bicyclic) bond motifs is 1. The van der Waals surface area contributed by atoms with Crippen molar-refractivity contribution in [1.82, 2.24) is 5.32 Å². The summed E-state index contributed by atoms with van der Waals surface area (Å²) in [5, 5.41) is 16.1. The van der Waals surface area contributed by atoms with Gasteiger partial charge in [0.25, 0.3) is 23.4 Å². The summed E-state index contributed by atoms with van der Waals surface area (Å²) >= 11 is 11.4. The maximum atomic E-state index is 12.6. The minimum absolute atomic E-state index is 0.0559. The maximum Gasteiger partial charge on any atom is 0.270 e. The Balaban J connectivity index is 1.47. The summed E-state index contributed by atoms with van der Waals surface area (Å²) in [6, 6.07) is 16.2. The molecule has 1 aliphatic rings. The van der Waals surface area contributed by atoms with Crippen LogP contribution in [0.25, 0.3) is 0 Å². The van der Waals surface area contributed by atoms with Crippen LogP contribution in [0.5, 0.6) is 0 Å². The number of nitrogens with zero attached hydrogens (tertiary/aromatic N) is 2. The molecule has 3 aromatic carbocycles. The first-order valence-corrected chi connectivity index (χ1v) is 10.2. The van der Waals surface area contributed by atoms with Crippen molar-refractivity contribution in [3.8, 4) is 0 Å². The highest BCUT2D eigenvalue weighted by molar-refractivity contribution is 7.80. The van der Waals surface area contributed by atoms with Crippen LogP contribution in [0.2, 0.25) is 5.02 Å². The smallest absolute Gasteiger partial charge is 0.270 e. The number of carbonyl (C=O) groups excluding carboxylic acids is 3. The topological polar surface area (TPSA) is 122 Å². The van der Waals surface area contributed by atoms with E-state index in [1.54, 1.807) is 24.3 Å². The van der Waals surface area contributed by atoms with E-state index in [9.17, 15) is 24.5 Å². The molecule has 0 bridgehead atoms. The zero-order valence-corrected chi connectivity index (χ0v) is 18.1. The monoisotopic (exact) mass is 480 g/mol. The zero-order valence-electron chi connectivity index (χ0n) is 16.6. The zero-order chi connectivity index (χ0) is 23.7. The number of nitrogens with one attached hydrogen (secondary N) is 2. The van der Waals surface area contributed by atoms with Gasteiger partial charge in [-0.25, -0.2) is 4.90 Å². The molecule has 3 aromatic rings. The van der Waals surface area contributed by atoms with Crippen LogP contribution in [0, 0.1) is 10.1 Å². The number of hydrogen-bond donors (Lipinski definition) is 2. The predicted octanol–water partition coefficient (Wildman–Crippen LogP) is 4.18. The number of non-ortho nitro benzene ring substituents is 1. The summed E-state index contributed by atoms with van der Waals surface area (Å²) in [4.78, 5) is 48.9. The third-order valence-electron chi connectivity index (χ3n) is 4.80. The largest absolute Gasteiger partial charge is 0.331 e. The minimum Gasteiger partial charge on any atom is -0.331 e. The minimum atomic E-state index is -0.644. The van der Waals surface area contributed by atoms with Gasteiger partial charge in [0.2, 0.25) is 0 Å². The van der Waals surface area contributed by atoms with Crippen LogP contribution in [0.1, 0.15) is 31.1 Å². The summed E-state index contributed by atoms with van der Waals surface area (Å²) in [6.07, 6.45) is 0. The van der Waals surface area contributed by atoms with Crippen molar-refractivity contribution in [3.05, 3.63) is 98.6 Å². The van der Waals surface area contributed by atoms with Gasteiger partial charge in [0.1, 0.15) is 0 Å². The molecule has 4 rings (SSSR count). The third kappa shape index (κ3) is 4.29. The lowest BCUT2D eigenvalue weighted by Gasteiger charge is -2.16. The van der Waals surface area contributed by atoms with E-state index in [1.807, 2.05) is 0 Å². The Morgan fingerprint density at radius 3 is 2.24 bits per heavy atom. The van der Waals surface area contributed by atoms with Gasteiger partial charge in [0.05, 0.1) is 32.4 Å². The van der Waals surface area contributed by atoms with E-state index >= 15 is 0 Å². The van der Waals surface area contributed by atoms with Gasteiger partial charge < -0.3 is 5.32 Å². The highest BCUT2D eigenvalue weighted by Crippen LogP contribution is 2.32. The first-order chi connectivity index (χ1) is 15.8. The van der Waals surface area contributed by atoms with E-state index in [4.69, 9.17) is 23.8 Å². The fourth-order valence-corrected chi connectivity index (χ4v) is 3.68. The fraction of sp³-hybridized carbons (Fsp3) is 0. The molecule has 0 radical (unpaired) electrons. The Morgan fingerprint density at radius 1 is 0.970 bits per heavy atom. The molecule has 33 heavy (non-hydrogen) atoms. The van der Waals surface area contributed by atoms with E-state index in [1.165, 1.54) is 36.4 Å². The average molecular weight is 481 g/mol. The Kier molecular flexibility index (Phi) is 5.86. The van der Waals surface area contributed by atoms with Gasteiger partial charge in [0.15, 0.2) is 5.11 Å². The first-order valence-electron chi connectivity index (χ1n) is 9.40. The molecule has 3 amide bonds. The normalized spacial score (nSPS) is 12.3. The standard InChI is InChI=1S/C22H13ClN4O5S/c23-17-11-13(26-20(29)15-6-1-2-7-16(15)21(26)30)8-9-18(17)24-22(33)25-19(28)12-4-3-5-14(10-12)27(31)32/h1-11H,(H2,24,25,28,33). The Hall–Kier alpha value is -4.15. The van der Waals surface area contributed by atoms with Crippen LogP contribution in [-0.4, -0.2) is 27.8 Å². The van der Waals surface area contributed by atoms with E-state index in [0.717, 1.165) is 11.0 Å². The number of benzene rings is 3. The average Bonchev–Trinajstić information content (AvgIpc) is 3.05. The quantitative estimate of drug-likeness (QED) is 0.248. The SMILES string of the molecule is O=C(NC(=S)Nc1ccc(N2C(=O)c3ccccc3C2=O)cc1Cl)c1cccc([N+](=O)[O-])c1. The van der Waals surface area contributed by atoms with Gasteiger partial charge in [-0.1, -0.05) is 29.8 Å². The van der Waals surface area contributed by atoms with Crippen molar-refractivity contribution in [2.75, 3.05) is 10.2 Å². The van der Waals surface area contributed by atoms with Crippen LogP contribution in [-0.2, 0) is 0 Å². The lowest BCUT2D eigenvalue weighted by molar-refractivity contribution is -0.384. The number of nitro groups is 1. The molecule has 0 unspecified atom stereocenters. The van der Waals surface area contributed by atoms with Gasteiger partial charge in [-0.05, 0) is 48.6 Å². The van der Waals surface area contributed by atoms with Crippen molar-refractivity contribution < 1.29 is 19.3 Å². The van der Waals surface area contributed by atoms with Crippen molar-refractivity contribution in [2.45, 2.75) is 0 Å². The van der Waals surface area contributed by atoms with Crippen molar-refractivity contribution >= 4 is 63.7 Å². The third-order valence-corrected chi connectivity index (χ3v) is 5.32. The van der Waals surface area contributed by atoms with Crippen LogP contribution < -0.4 is 15.5 Å². The summed E-state index contributed by atoms with van der Waals surface area (Å²) in [5.41, 5.74) is 1.05. The van der Waals surface area contributed by atoms with Crippen LogP contribution in [0.4, 0.5) is 17.1 Å². The summed E-state index contributed by atoms with van der Waals surface area (Å²) < 4.78 is 0. The molecule has 0 atom stereocenters. The molecule has 11 heteroatoms. The number of hydrogen-bond acceptors (Lipinski definition) is 6. The van der Waals surface area contributed by atoms with Crippen molar-refractivity contribution in [2.24, 2.45) is 0 Å². The molecule has 0 spiro atoms. The fourth-order valence-electron chi connectivity index (χ4n) is 3.26. The second-order valence-electron chi connectivity index (χ2n) is 6.87. The summed E-state index contributed by atoms with van der Waals surface area (Å²) in [6.45, 7) is 0. The summed E-state index contributed by atoms with van der Waals surface area (Å²) in [7, 11) is 0. The number of imide groups is 1. The molecule has 9 nitrogen and oxygen atoms in total. The molecule has 0 fully saturated rings. The Morgan fingerprint density at radius 2 is 1.64 bits per heavy atom. The van der Waals surface area contributed by atoms with Crippen LogP contribution in [0.15, 0.2) is 66.7 Å². The highest BCUT2D eigenvalue weighted by Gasteiger charge is 2.36. The number of carbonyl (C=O) groups is 3. The van der Waals surface area contributed by atoms with E-state index in [-0.39, 0.29) is 27.1 Å². The lowest BCUT2D eigenvalue weighted by atomic mass is 10.1. The molecule has 0 saturated carbocycles. The van der Waals surface area contributed by atoms with E-state index < -0.39 is 22.6 Å². The molecule has 164 valence electrons. The molecular weight excluding hydrogens is 468 g/mol. The lowest BCUT2D eigenvalue weighted by Crippen LogP contribution is -2.34. The highest BCUT2D eigenvalue weighted by atomic mass is 35.5. The predicted molar refractivity (Wildman–Crippen MR) is 126 cm³/mol. The number of halogens is 1. The Bertz CT molecular complexity index is 1330. The number of rotatable bonds is 4. The van der Waals surface area contributed by atoms with Crippen LogP contribution >= 0.6 is 23.8 Å². The van der Waals surface area contributed by atoms with Gasteiger partial charge in [-0.3, -0.25) is 29.8 Å². The molecule has 0 aliphatic carbocycles. The van der Waals surface area contributed by atoms with E-state index in [2.05, 4.69) is 10.6 Å². The number of anilines is 2. The Labute approximate surface area is 197 Å². The van der Waals surface area contributed by atoms with Gasteiger partial charge in [-0.2, -0.15) is 0 Å². The second-order valence-corrected chi connectivity index (χ2v) is 7.69. The molecule has 2 N–H and O–H groups in total. The second kappa shape index (κ2) is 8.77. The van der Waals surface area contributed by atoms with Gasteiger partial charge >= 0.3 is 0 Å². The van der Waals surface area contributed by atoms with Crippen molar-refractivity contribution in [1.29, 1.82) is 0 Å². The molecule has 0 saturated heterocycles. The van der Waals surface area contributed by atoms with Gasteiger partial charge in [0, 0.05) is 17.7 Å². The van der Waals surface area contributed by atoms with E-state index in [0.29, 0.717) is 16.8 Å². The van der Waals surface area contributed by atoms with Crippen LogP contribution in [0.3, 0.4) is 0 Å². The first kappa shape index (κ1) is 22.1. The molecule has 0 aromatic heterocycles. The molecule has 1 heterocycles. The number of amides is 3. The molecule has 1 aliphatic heterocycles. The summed E-state index contributed by atoms with van der Waals surface area (Å²) in [5.74, 6) is -1.55. The van der Waals surface area contributed by atoms with Gasteiger partial charge in [-0.15, -0.1) is 0 Å². The maximum absolute atomic E-state index is 12.6. The number of nitro benzene ring substituents is 1.